The third kappa shape index (κ3) is 6.75. The fourth-order valence-corrected chi connectivity index (χ4v) is 3.69. The molecule has 0 heterocycles. The molecule has 1 aliphatic rings. The van der Waals surface area contributed by atoms with Crippen LogP contribution in [0.15, 0.2) is 23.2 Å². The Kier molecular flexibility index (Phi) is 7.85. The van der Waals surface area contributed by atoms with Gasteiger partial charge in [-0.2, -0.15) is 0 Å². The normalized spacial score (nSPS) is 16.7. The van der Waals surface area contributed by atoms with Crippen molar-refractivity contribution in [2.45, 2.75) is 45.1 Å². The zero-order chi connectivity index (χ0) is 18.2. The number of rotatable bonds is 7. The number of hydrogen-bond donors (Lipinski definition) is 3. The molecule has 0 aromatic heterocycles. The molecule has 0 spiro atoms. The lowest BCUT2D eigenvalue weighted by atomic mass is 10.0. The second-order valence-electron chi connectivity index (χ2n) is 6.50. The van der Waals surface area contributed by atoms with E-state index in [0.717, 1.165) is 5.56 Å². The summed E-state index contributed by atoms with van der Waals surface area (Å²) in [6.07, 6.45) is 5.48. The molecule has 0 saturated heterocycles. The van der Waals surface area contributed by atoms with Crippen LogP contribution in [0.1, 0.15) is 50.6 Å². The van der Waals surface area contributed by atoms with Crippen LogP contribution >= 0.6 is 23.2 Å². The van der Waals surface area contributed by atoms with E-state index in [-0.39, 0.29) is 11.9 Å². The minimum atomic E-state index is -0.0922. The average molecular weight is 385 g/mol. The van der Waals surface area contributed by atoms with Crippen LogP contribution in [-0.2, 0) is 4.79 Å². The fraction of sp³-hybridized carbons (Fsp3) is 0.556. The summed E-state index contributed by atoms with van der Waals surface area (Å²) in [5, 5.41) is 7.17. The first-order valence-corrected chi connectivity index (χ1v) is 9.49. The minimum Gasteiger partial charge on any atom is -0.370 e. The molecule has 138 valence electrons. The number of carbonyl (C=O) groups excluding carboxylic acids is 1. The van der Waals surface area contributed by atoms with E-state index in [4.69, 9.17) is 28.9 Å². The maximum atomic E-state index is 11.8. The van der Waals surface area contributed by atoms with Gasteiger partial charge in [0.05, 0.1) is 12.6 Å². The van der Waals surface area contributed by atoms with Gasteiger partial charge in [0.25, 0.3) is 0 Å². The maximum Gasteiger partial charge on any atom is 0.220 e. The monoisotopic (exact) mass is 384 g/mol. The van der Waals surface area contributed by atoms with E-state index < -0.39 is 0 Å². The zero-order valence-corrected chi connectivity index (χ0v) is 16.0. The highest BCUT2D eigenvalue weighted by molar-refractivity contribution is 6.35. The van der Waals surface area contributed by atoms with E-state index in [9.17, 15) is 4.79 Å². The quantitative estimate of drug-likeness (QED) is 0.381. The van der Waals surface area contributed by atoms with Crippen LogP contribution in [0.2, 0.25) is 10.0 Å². The van der Waals surface area contributed by atoms with Gasteiger partial charge in [0, 0.05) is 23.0 Å². The van der Waals surface area contributed by atoms with Crippen molar-refractivity contribution in [1.29, 1.82) is 0 Å². The Labute approximate surface area is 159 Å². The Balaban J connectivity index is 1.70. The summed E-state index contributed by atoms with van der Waals surface area (Å²) >= 11 is 12.1. The van der Waals surface area contributed by atoms with Gasteiger partial charge in [-0.1, -0.05) is 42.1 Å². The van der Waals surface area contributed by atoms with Crippen LogP contribution in [0, 0.1) is 5.92 Å². The van der Waals surface area contributed by atoms with Gasteiger partial charge < -0.3 is 16.4 Å². The van der Waals surface area contributed by atoms with Gasteiger partial charge in [-0.3, -0.25) is 9.79 Å². The van der Waals surface area contributed by atoms with Crippen LogP contribution in [0.3, 0.4) is 0 Å². The first-order valence-electron chi connectivity index (χ1n) is 8.74. The van der Waals surface area contributed by atoms with E-state index >= 15 is 0 Å². The summed E-state index contributed by atoms with van der Waals surface area (Å²) < 4.78 is 0. The minimum absolute atomic E-state index is 0.0922. The molecular formula is C18H26Cl2N4O. The lowest BCUT2D eigenvalue weighted by Crippen LogP contribution is -2.35. The van der Waals surface area contributed by atoms with E-state index in [2.05, 4.69) is 15.6 Å². The predicted octanol–water partition coefficient (Wildman–Crippen LogP) is 3.66. The van der Waals surface area contributed by atoms with Gasteiger partial charge in [-0.15, -0.1) is 0 Å². The summed E-state index contributed by atoms with van der Waals surface area (Å²) in [5.74, 6) is 0.985. The number of amides is 1. The summed E-state index contributed by atoms with van der Waals surface area (Å²) in [7, 11) is 0. The van der Waals surface area contributed by atoms with Crippen molar-refractivity contribution in [3.05, 3.63) is 33.8 Å². The number of hydrogen-bond acceptors (Lipinski definition) is 2. The molecule has 0 radical (unpaired) electrons. The van der Waals surface area contributed by atoms with Crippen molar-refractivity contribution in [3.8, 4) is 0 Å². The van der Waals surface area contributed by atoms with Gasteiger partial charge in [-0.25, -0.2) is 0 Å². The molecule has 1 atom stereocenters. The molecule has 0 bridgehead atoms. The van der Waals surface area contributed by atoms with Crippen LogP contribution in [0.25, 0.3) is 0 Å². The van der Waals surface area contributed by atoms with Crippen molar-refractivity contribution >= 4 is 35.1 Å². The number of guanidine groups is 1. The number of aliphatic imine (C=N–C) groups is 1. The van der Waals surface area contributed by atoms with Crippen LogP contribution in [-0.4, -0.2) is 25.0 Å². The molecule has 1 unspecified atom stereocenters. The molecule has 25 heavy (non-hydrogen) atoms. The van der Waals surface area contributed by atoms with Gasteiger partial charge >= 0.3 is 0 Å². The smallest absolute Gasteiger partial charge is 0.220 e. The first kappa shape index (κ1) is 19.9. The predicted molar refractivity (Wildman–Crippen MR) is 104 cm³/mol. The number of nitrogens with zero attached hydrogens (tertiary/aromatic N) is 1. The molecule has 0 aliphatic heterocycles. The highest BCUT2D eigenvalue weighted by Gasteiger charge is 2.18. The second kappa shape index (κ2) is 9.88. The standard InChI is InChI=1S/C18H26Cl2N4O/c1-12(15-7-6-14(19)11-16(15)20)24-18(21)23-9-8-22-17(25)10-13-4-2-3-5-13/h6-7,11-13H,2-5,8-10H2,1H3,(H,22,25)(H3,21,23,24). The van der Waals surface area contributed by atoms with Crippen molar-refractivity contribution < 1.29 is 4.79 Å². The van der Waals surface area contributed by atoms with E-state index in [1.165, 1.54) is 25.7 Å². The average Bonchev–Trinajstić information content (AvgIpc) is 3.04. The van der Waals surface area contributed by atoms with E-state index in [1.54, 1.807) is 12.1 Å². The molecule has 7 heteroatoms. The number of halogens is 2. The van der Waals surface area contributed by atoms with Crippen LogP contribution in [0.4, 0.5) is 0 Å². The van der Waals surface area contributed by atoms with Gasteiger partial charge in [-0.05, 0) is 43.4 Å². The molecule has 1 fully saturated rings. The molecule has 1 aromatic rings. The number of nitrogens with one attached hydrogen (secondary N) is 2. The number of nitrogens with two attached hydrogens (primary N) is 1. The molecular weight excluding hydrogens is 359 g/mol. The zero-order valence-electron chi connectivity index (χ0n) is 14.5. The molecule has 5 nitrogen and oxygen atoms in total. The topological polar surface area (TPSA) is 79.5 Å². The summed E-state index contributed by atoms with van der Waals surface area (Å²) in [5.41, 5.74) is 6.80. The van der Waals surface area contributed by atoms with Gasteiger partial charge in [0.1, 0.15) is 0 Å². The van der Waals surface area contributed by atoms with Crippen molar-refractivity contribution in [3.63, 3.8) is 0 Å². The highest BCUT2D eigenvalue weighted by Crippen LogP contribution is 2.27. The summed E-state index contributed by atoms with van der Waals surface area (Å²) in [6.45, 7) is 2.88. The third-order valence-corrected chi connectivity index (χ3v) is 5.02. The molecule has 4 N–H and O–H groups in total. The molecule has 1 amide bonds. The van der Waals surface area contributed by atoms with Crippen molar-refractivity contribution in [2.75, 3.05) is 13.1 Å². The van der Waals surface area contributed by atoms with E-state index in [1.807, 2.05) is 13.0 Å². The lowest BCUT2D eigenvalue weighted by Gasteiger charge is -2.16. The summed E-state index contributed by atoms with van der Waals surface area (Å²) in [4.78, 5) is 16.1. The maximum absolute atomic E-state index is 11.8. The van der Waals surface area contributed by atoms with Gasteiger partial charge in [0.15, 0.2) is 5.96 Å². The Bertz CT molecular complexity index is 615. The molecule has 1 saturated carbocycles. The lowest BCUT2D eigenvalue weighted by molar-refractivity contribution is -0.121. The Morgan fingerprint density at radius 1 is 1.36 bits per heavy atom. The Morgan fingerprint density at radius 2 is 2.08 bits per heavy atom. The number of carbonyl (C=O) groups is 1. The molecule has 1 aromatic carbocycles. The second-order valence-corrected chi connectivity index (χ2v) is 7.35. The Morgan fingerprint density at radius 3 is 2.76 bits per heavy atom. The highest BCUT2D eigenvalue weighted by atomic mass is 35.5. The first-order chi connectivity index (χ1) is 12.0. The van der Waals surface area contributed by atoms with Crippen LogP contribution < -0.4 is 16.4 Å². The SMILES string of the molecule is CC(NC(N)=NCCNC(=O)CC1CCCC1)c1ccc(Cl)cc1Cl. The molecule has 1 aliphatic carbocycles. The number of benzene rings is 1. The largest absolute Gasteiger partial charge is 0.370 e. The summed E-state index contributed by atoms with van der Waals surface area (Å²) in [6, 6.07) is 5.25. The molecule has 2 rings (SSSR count). The fourth-order valence-electron chi connectivity index (χ4n) is 3.12. The van der Waals surface area contributed by atoms with Crippen molar-refractivity contribution in [1.82, 2.24) is 10.6 Å². The third-order valence-electron chi connectivity index (χ3n) is 4.46. The van der Waals surface area contributed by atoms with Gasteiger partial charge in [0.2, 0.25) is 5.91 Å². The van der Waals surface area contributed by atoms with Crippen molar-refractivity contribution in [2.24, 2.45) is 16.6 Å². The van der Waals surface area contributed by atoms with Crippen LogP contribution in [0.5, 0.6) is 0 Å². The van der Waals surface area contributed by atoms with E-state index in [0.29, 0.717) is 41.4 Å². The Hall–Kier alpha value is -1.46.